The van der Waals surface area contributed by atoms with Gasteiger partial charge >= 0.3 is 0 Å². The second-order valence-electron chi connectivity index (χ2n) is 6.58. The number of nitrogens with zero attached hydrogens (tertiary/aromatic N) is 4. The van der Waals surface area contributed by atoms with Gasteiger partial charge in [0.2, 0.25) is 0 Å². The molecule has 2 aromatic heterocycles. The number of H-pyrrole nitrogens is 1. The van der Waals surface area contributed by atoms with Gasteiger partial charge in [-0.2, -0.15) is 5.10 Å². The maximum absolute atomic E-state index is 13.0. The molecule has 1 aliphatic rings. The van der Waals surface area contributed by atoms with E-state index in [9.17, 15) is 4.79 Å². The number of ether oxygens (including phenoxy) is 2. The van der Waals surface area contributed by atoms with E-state index in [-0.39, 0.29) is 12.0 Å². The molecule has 1 aromatic carbocycles. The Labute approximate surface area is 162 Å². The molecule has 1 unspecified atom stereocenters. The van der Waals surface area contributed by atoms with Gasteiger partial charge in [-0.3, -0.25) is 14.9 Å². The minimum Gasteiger partial charge on any atom is -0.497 e. The summed E-state index contributed by atoms with van der Waals surface area (Å²) >= 11 is 0. The van der Waals surface area contributed by atoms with Crippen molar-refractivity contribution in [2.24, 2.45) is 0 Å². The highest BCUT2D eigenvalue weighted by molar-refractivity contribution is 5.95. The largest absolute Gasteiger partial charge is 0.497 e. The fourth-order valence-corrected chi connectivity index (χ4v) is 3.17. The van der Waals surface area contributed by atoms with Crippen molar-refractivity contribution in [1.29, 1.82) is 0 Å². The van der Waals surface area contributed by atoms with Crippen molar-refractivity contribution < 1.29 is 14.3 Å². The number of pyridine rings is 1. The average molecular weight is 379 g/mol. The molecule has 0 aliphatic carbocycles. The van der Waals surface area contributed by atoms with Crippen molar-refractivity contribution in [1.82, 2.24) is 25.1 Å². The van der Waals surface area contributed by atoms with Gasteiger partial charge in [-0.15, -0.1) is 0 Å². The summed E-state index contributed by atoms with van der Waals surface area (Å²) < 4.78 is 10.9. The fraction of sp³-hybridized carbons (Fsp3) is 0.300. The first-order valence-corrected chi connectivity index (χ1v) is 9.03. The number of carbonyl (C=O) groups excluding carboxylic acids is 1. The maximum atomic E-state index is 13.0. The van der Waals surface area contributed by atoms with Crippen LogP contribution in [0.25, 0.3) is 11.1 Å². The van der Waals surface area contributed by atoms with Crippen LogP contribution in [-0.4, -0.2) is 57.8 Å². The predicted molar refractivity (Wildman–Crippen MR) is 102 cm³/mol. The standard InChI is InChI=1S/C20H21N5O3/c1-13-22-19(24-23-13)18-12-25(7-8-28-18)20(26)16-9-15(10-21-11-16)14-3-5-17(27-2)6-4-14/h3-6,9-11,18H,7-8,12H2,1-2H3,(H,22,23,24). The summed E-state index contributed by atoms with van der Waals surface area (Å²) in [5, 5.41) is 6.96. The van der Waals surface area contributed by atoms with Gasteiger partial charge in [0.1, 0.15) is 17.7 Å². The lowest BCUT2D eigenvalue weighted by Crippen LogP contribution is -2.42. The lowest BCUT2D eigenvalue weighted by atomic mass is 10.1. The lowest BCUT2D eigenvalue weighted by molar-refractivity contribution is -0.0266. The molecule has 4 rings (SSSR count). The number of carbonyl (C=O) groups is 1. The highest BCUT2D eigenvalue weighted by Gasteiger charge is 2.28. The third kappa shape index (κ3) is 3.72. The van der Waals surface area contributed by atoms with Gasteiger partial charge in [0, 0.05) is 24.5 Å². The molecule has 0 radical (unpaired) electrons. The first-order valence-electron chi connectivity index (χ1n) is 9.03. The third-order valence-electron chi connectivity index (χ3n) is 4.66. The summed E-state index contributed by atoms with van der Waals surface area (Å²) in [5.74, 6) is 1.99. The Morgan fingerprint density at radius 1 is 1.25 bits per heavy atom. The minimum absolute atomic E-state index is 0.0802. The number of morpholine rings is 1. The van der Waals surface area contributed by atoms with Gasteiger partial charge in [0.05, 0.1) is 25.8 Å². The highest BCUT2D eigenvalue weighted by Crippen LogP contribution is 2.24. The monoisotopic (exact) mass is 379 g/mol. The van der Waals surface area contributed by atoms with E-state index in [1.54, 1.807) is 24.4 Å². The first kappa shape index (κ1) is 18.1. The third-order valence-corrected chi connectivity index (χ3v) is 4.66. The number of hydrogen-bond donors (Lipinski definition) is 1. The first-order chi connectivity index (χ1) is 13.6. The number of hydrogen-bond acceptors (Lipinski definition) is 6. The molecule has 0 saturated carbocycles. The van der Waals surface area contributed by atoms with E-state index in [0.29, 0.717) is 31.1 Å². The van der Waals surface area contributed by atoms with Crippen LogP contribution in [0, 0.1) is 6.92 Å². The van der Waals surface area contributed by atoms with E-state index in [1.165, 1.54) is 0 Å². The molecule has 1 fully saturated rings. The Bertz CT molecular complexity index is 970. The summed E-state index contributed by atoms with van der Waals surface area (Å²) in [5.41, 5.74) is 2.39. The molecule has 144 valence electrons. The molecule has 1 N–H and O–H groups in total. The van der Waals surface area contributed by atoms with Gasteiger partial charge in [0.15, 0.2) is 5.82 Å². The van der Waals surface area contributed by atoms with Crippen LogP contribution in [0.3, 0.4) is 0 Å². The van der Waals surface area contributed by atoms with Crippen LogP contribution in [-0.2, 0) is 4.74 Å². The molecule has 0 spiro atoms. The van der Waals surface area contributed by atoms with Gasteiger partial charge in [-0.05, 0) is 30.7 Å². The number of aromatic amines is 1. The number of nitrogens with one attached hydrogen (secondary N) is 1. The van der Waals surface area contributed by atoms with Crippen molar-refractivity contribution in [3.8, 4) is 16.9 Å². The molecule has 3 aromatic rings. The van der Waals surface area contributed by atoms with Gasteiger partial charge < -0.3 is 14.4 Å². The van der Waals surface area contributed by atoms with Crippen LogP contribution in [0.2, 0.25) is 0 Å². The topological polar surface area (TPSA) is 93.2 Å². The zero-order chi connectivity index (χ0) is 19.5. The minimum atomic E-state index is -0.333. The molecule has 3 heterocycles. The molecule has 1 amide bonds. The number of aryl methyl sites for hydroxylation is 1. The summed E-state index contributed by atoms with van der Waals surface area (Å²) in [6.45, 7) is 3.20. The van der Waals surface area contributed by atoms with Crippen molar-refractivity contribution in [2.75, 3.05) is 26.8 Å². The van der Waals surface area contributed by atoms with Crippen molar-refractivity contribution in [2.45, 2.75) is 13.0 Å². The molecule has 1 atom stereocenters. The van der Waals surface area contributed by atoms with E-state index < -0.39 is 0 Å². The van der Waals surface area contributed by atoms with E-state index in [4.69, 9.17) is 9.47 Å². The quantitative estimate of drug-likeness (QED) is 0.748. The fourth-order valence-electron chi connectivity index (χ4n) is 3.17. The van der Waals surface area contributed by atoms with Crippen LogP contribution < -0.4 is 4.74 Å². The smallest absolute Gasteiger partial charge is 0.255 e. The maximum Gasteiger partial charge on any atom is 0.255 e. The molecular weight excluding hydrogens is 358 g/mol. The molecule has 8 heteroatoms. The zero-order valence-electron chi connectivity index (χ0n) is 15.8. The van der Waals surface area contributed by atoms with Gasteiger partial charge in [0.25, 0.3) is 5.91 Å². The van der Waals surface area contributed by atoms with E-state index in [0.717, 1.165) is 22.7 Å². The van der Waals surface area contributed by atoms with Crippen molar-refractivity contribution in [3.63, 3.8) is 0 Å². The molecule has 1 saturated heterocycles. The molecule has 0 bridgehead atoms. The van der Waals surface area contributed by atoms with Gasteiger partial charge in [-0.25, -0.2) is 4.98 Å². The number of benzene rings is 1. The molecule has 1 aliphatic heterocycles. The second kappa shape index (κ2) is 7.77. The molecule has 28 heavy (non-hydrogen) atoms. The van der Waals surface area contributed by atoms with Gasteiger partial charge in [-0.1, -0.05) is 12.1 Å². The number of rotatable bonds is 4. The average Bonchev–Trinajstić information content (AvgIpc) is 3.20. The Kier molecular flexibility index (Phi) is 5.03. The normalized spacial score (nSPS) is 16.8. The Morgan fingerprint density at radius 2 is 2.07 bits per heavy atom. The lowest BCUT2D eigenvalue weighted by Gasteiger charge is -2.31. The Hall–Kier alpha value is -3.26. The molecule has 8 nitrogen and oxygen atoms in total. The van der Waals surface area contributed by atoms with Crippen LogP contribution in [0.1, 0.15) is 28.1 Å². The Morgan fingerprint density at radius 3 is 2.79 bits per heavy atom. The summed E-state index contributed by atoms with van der Waals surface area (Å²) in [6, 6.07) is 9.52. The number of methoxy groups -OCH3 is 1. The van der Waals surface area contributed by atoms with Crippen LogP contribution >= 0.6 is 0 Å². The Balaban J connectivity index is 1.52. The van der Waals surface area contributed by atoms with E-state index in [2.05, 4.69) is 20.2 Å². The van der Waals surface area contributed by atoms with Crippen LogP contribution in [0.4, 0.5) is 0 Å². The number of amides is 1. The summed E-state index contributed by atoms with van der Waals surface area (Å²) in [7, 11) is 1.63. The van der Waals surface area contributed by atoms with E-state index >= 15 is 0 Å². The second-order valence-corrected chi connectivity index (χ2v) is 6.58. The summed E-state index contributed by atoms with van der Waals surface area (Å²) in [4.78, 5) is 23.4. The SMILES string of the molecule is COc1ccc(-c2cncc(C(=O)N3CCOC(c4n[nH]c(C)n4)C3)c2)cc1. The van der Waals surface area contributed by atoms with Crippen LogP contribution in [0.5, 0.6) is 5.75 Å². The van der Waals surface area contributed by atoms with Crippen molar-refractivity contribution >= 4 is 5.91 Å². The van der Waals surface area contributed by atoms with Crippen LogP contribution in [0.15, 0.2) is 42.7 Å². The summed E-state index contributed by atoms with van der Waals surface area (Å²) in [6.07, 6.45) is 3.01. The van der Waals surface area contributed by atoms with Crippen molar-refractivity contribution in [3.05, 3.63) is 59.9 Å². The number of aromatic nitrogens is 4. The predicted octanol–water partition coefficient (Wildman–Crippen LogP) is 2.40. The molecular formula is C20H21N5O3. The highest BCUT2D eigenvalue weighted by atomic mass is 16.5. The van der Waals surface area contributed by atoms with E-state index in [1.807, 2.05) is 37.3 Å². The zero-order valence-corrected chi connectivity index (χ0v) is 15.8.